The van der Waals surface area contributed by atoms with Crippen molar-refractivity contribution >= 4 is 11.8 Å². The van der Waals surface area contributed by atoms with Crippen LogP contribution in [0.25, 0.3) is 0 Å². The van der Waals surface area contributed by atoms with Crippen LogP contribution in [0.4, 0.5) is 0 Å². The lowest BCUT2D eigenvalue weighted by molar-refractivity contribution is -0.167. The minimum absolute atomic E-state index is 0.130. The van der Waals surface area contributed by atoms with E-state index in [0.717, 1.165) is 11.1 Å². The molecule has 0 bridgehead atoms. The highest BCUT2D eigenvalue weighted by Gasteiger charge is 2.43. The van der Waals surface area contributed by atoms with Crippen molar-refractivity contribution in [3.05, 3.63) is 62.8 Å². The van der Waals surface area contributed by atoms with Crippen molar-refractivity contribution in [3.63, 3.8) is 0 Å². The number of hydrogen-bond acceptors (Lipinski definition) is 5. The predicted molar refractivity (Wildman–Crippen MR) is 105 cm³/mol. The van der Waals surface area contributed by atoms with Gasteiger partial charge in [0.15, 0.2) is 6.10 Å². The van der Waals surface area contributed by atoms with Crippen LogP contribution in [-0.4, -0.2) is 50.9 Å². The number of hydrogen-bond donors (Lipinski definition) is 0. The fourth-order valence-corrected chi connectivity index (χ4v) is 4.07. The van der Waals surface area contributed by atoms with Gasteiger partial charge < -0.3 is 14.5 Å². The molecule has 2 aliphatic rings. The maximum Gasteiger partial charge on any atom is 0.258 e. The average Bonchev–Trinajstić information content (AvgIpc) is 3.12. The first-order valence-corrected chi connectivity index (χ1v) is 9.56. The van der Waals surface area contributed by atoms with Crippen LogP contribution in [0.3, 0.4) is 0 Å². The fourth-order valence-electron chi connectivity index (χ4n) is 4.07. The zero-order chi connectivity index (χ0) is 20.9. The molecule has 8 nitrogen and oxygen atoms in total. The predicted octanol–water partition coefficient (Wildman–Crippen LogP) is 0.838. The van der Waals surface area contributed by atoms with Crippen LogP contribution in [-0.2, 0) is 34.5 Å². The molecule has 0 unspecified atom stereocenters. The first-order valence-electron chi connectivity index (χ1n) is 9.56. The summed E-state index contributed by atoms with van der Waals surface area (Å²) in [4.78, 5) is 45.9. The zero-order valence-electron chi connectivity index (χ0n) is 17.0. The number of likely N-dealkylation sites (N-methyl/N-ethyl adjacent to an activating group) is 1. The van der Waals surface area contributed by atoms with E-state index in [0.29, 0.717) is 17.1 Å². The molecule has 1 aromatic carbocycles. The summed E-state index contributed by atoms with van der Waals surface area (Å²) in [7, 11) is 3.37. The maximum absolute atomic E-state index is 13.4. The summed E-state index contributed by atoms with van der Waals surface area (Å²) in [5, 5.41) is 0. The Hall–Kier alpha value is -3.00. The summed E-state index contributed by atoms with van der Waals surface area (Å²) in [5.74, 6) is 0.202. The van der Waals surface area contributed by atoms with Gasteiger partial charge in [0.25, 0.3) is 11.5 Å². The van der Waals surface area contributed by atoms with E-state index in [-0.39, 0.29) is 37.1 Å². The molecule has 1 saturated heterocycles. The van der Waals surface area contributed by atoms with Gasteiger partial charge in [-0.2, -0.15) is 0 Å². The summed E-state index contributed by atoms with van der Waals surface area (Å²) in [6.07, 6.45) is -0.835. The van der Waals surface area contributed by atoms with E-state index in [9.17, 15) is 14.4 Å². The van der Waals surface area contributed by atoms with Crippen LogP contribution in [0.1, 0.15) is 34.3 Å². The molecule has 1 aromatic heterocycles. The van der Waals surface area contributed by atoms with Gasteiger partial charge in [0.2, 0.25) is 5.91 Å². The molecule has 1 fully saturated rings. The Morgan fingerprint density at radius 3 is 2.59 bits per heavy atom. The summed E-state index contributed by atoms with van der Waals surface area (Å²) >= 11 is 0. The number of carbonyl (C=O) groups excluding carboxylic acids is 2. The van der Waals surface area contributed by atoms with Gasteiger partial charge in [-0.1, -0.05) is 24.3 Å². The summed E-state index contributed by atoms with van der Waals surface area (Å²) < 4.78 is 7.24. The van der Waals surface area contributed by atoms with E-state index in [2.05, 4.69) is 4.98 Å². The second kappa shape index (κ2) is 7.11. The van der Waals surface area contributed by atoms with Crippen LogP contribution in [0, 0.1) is 13.8 Å². The second-order valence-corrected chi connectivity index (χ2v) is 7.68. The molecule has 2 aromatic rings. The minimum Gasteiger partial charge on any atom is -0.356 e. The molecule has 0 N–H and O–H groups in total. The summed E-state index contributed by atoms with van der Waals surface area (Å²) in [6, 6.07) is 7.15. The molecule has 0 radical (unpaired) electrons. The van der Waals surface area contributed by atoms with Gasteiger partial charge in [0, 0.05) is 14.1 Å². The lowest BCUT2D eigenvalue weighted by Crippen LogP contribution is -2.53. The Labute approximate surface area is 168 Å². The minimum atomic E-state index is -0.835. The standard InChI is InChI=1S/C21H24N4O4/c1-12-7-5-6-8-14(12)18-19(29-11-17(26)24(18)4)21(28)25-9-15-16(10-25)22-13(2)23(3)20(15)27/h5-8,18-19H,9-11H2,1-4H3/t18-,19+/m1/s1. The number of amides is 2. The Morgan fingerprint density at radius 2 is 1.86 bits per heavy atom. The molecule has 8 heteroatoms. The van der Waals surface area contributed by atoms with Gasteiger partial charge in [0.05, 0.1) is 30.4 Å². The van der Waals surface area contributed by atoms with E-state index in [1.165, 1.54) is 4.57 Å². The smallest absolute Gasteiger partial charge is 0.258 e. The number of nitrogens with zero attached hydrogens (tertiary/aromatic N) is 4. The second-order valence-electron chi connectivity index (χ2n) is 7.68. The van der Waals surface area contributed by atoms with E-state index in [4.69, 9.17) is 4.74 Å². The third-order valence-corrected chi connectivity index (χ3v) is 5.93. The van der Waals surface area contributed by atoms with Crippen LogP contribution in [0.5, 0.6) is 0 Å². The first kappa shape index (κ1) is 19.3. The molecule has 0 aliphatic carbocycles. The largest absolute Gasteiger partial charge is 0.356 e. The first-order chi connectivity index (χ1) is 13.8. The van der Waals surface area contributed by atoms with Crippen LogP contribution in [0.15, 0.2) is 29.1 Å². The number of fused-ring (bicyclic) bond motifs is 1. The van der Waals surface area contributed by atoms with Crippen molar-refractivity contribution in [3.8, 4) is 0 Å². The third-order valence-electron chi connectivity index (χ3n) is 5.93. The topological polar surface area (TPSA) is 84.7 Å². The molecular weight excluding hydrogens is 372 g/mol. The van der Waals surface area contributed by atoms with Crippen LogP contribution < -0.4 is 5.56 Å². The van der Waals surface area contributed by atoms with Crippen molar-refractivity contribution in [2.24, 2.45) is 7.05 Å². The van der Waals surface area contributed by atoms with E-state index < -0.39 is 12.1 Å². The van der Waals surface area contributed by atoms with E-state index in [1.54, 1.807) is 30.8 Å². The van der Waals surface area contributed by atoms with Crippen molar-refractivity contribution in [2.45, 2.75) is 39.1 Å². The Kier molecular flexibility index (Phi) is 4.74. The van der Waals surface area contributed by atoms with Gasteiger partial charge >= 0.3 is 0 Å². The number of carbonyl (C=O) groups is 2. The van der Waals surface area contributed by atoms with E-state index >= 15 is 0 Å². The number of morpholine rings is 1. The van der Waals surface area contributed by atoms with Crippen molar-refractivity contribution in [1.82, 2.24) is 19.4 Å². The molecular formula is C21H24N4O4. The summed E-state index contributed by atoms with van der Waals surface area (Å²) in [5.41, 5.74) is 2.90. The van der Waals surface area contributed by atoms with Crippen LogP contribution >= 0.6 is 0 Å². The quantitative estimate of drug-likeness (QED) is 0.751. The number of rotatable bonds is 2. The molecule has 152 valence electrons. The molecule has 2 atom stereocenters. The highest BCUT2D eigenvalue weighted by Crippen LogP contribution is 2.33. The molecule has 3 heterocycles. The fraction of sp³-hybridized carbons (Fsp3) is 0.429. The highest BCUT2D eigenvalue weighted by molar-refractivity contribution is 5.86. The zero-order valence-corrected chi connectivity index (χ0v) is 17.0. The number of aromatic nitrogens is 2. The summed E-state index contributed by atoms with van der Waals surface area (Å²) in [6.45, 7) is 4.04. The van der Waals surface area contributed by atoms with Crippen molar-refractivity contribution in [2.75, 3.05) is 13.7 Å². The Bertz CT molecular complexity index is 1060. The number of benzene rings is 1. The maximum atomic E-state index is 13.4. The third kappa shape index (κ3) is 3.13. The van der Waals surface area contributed by atoms with Crippen molar-refractivity contribution < 1.29 is 14.3 Å². The normalized spacial score (nSPS) is 21.4. The van der Waals surface area contributed by atoms with Crippen LogP contribution in [0.2, 0.25) is 0 Å². The van der Waals surface area contributed by atoms with Gasteiger partial charge in [-0.3, -0.25) is 19.0 Å². The SMILES string of the molecule is Cc1ccccc1[C@@H]1[C@@H](C(=O)N2Cc3nc(C)n(C)c(=O)c3C2)OCC(=O)N1C. The Morgan fingerprint density at radius 1 is 1.14 bits per heavy atom. The number of ether oxygens (including phenoxy) is 1. The monoisotopic (exact) mass is 396 g/mol. The Balaban J connectivity index is 1.67. The molecule has 29 heavy (non-hydrogen) atoms. The van der Waals surface area contributed by atoms with Crippen molar-refractivity contribution in [1.29, 1.82) is 0 Å². The lowest BCUT2D eigenvalue weighted by Gasteiger charge is -2.40. The number of aryl methyl sites for hydroxylation is 2. The average molecular weight is 396 g/mol. The lowest BCUT2D eigenvalue weighted by atomic mass is 9.93. The van der Waals surface area contributed by atoms with Gasteiger partial charge in [-0.25, -0.2) is 4.98 Å². The highest BCUT2D eigenvalue weighted by atomic mass is 16.5. The van der Waals surface area contributed by atoms with Gasteiger partial charge in [-0.05, 0) is 25.0 Å². The van der Waals surface area contributed by atoms with Gasteiger partial charge in [0.1, 0.15) is 12.4 Å². The van der Waals surface area contributed by atoms with E-state index in [1.807, 2.05) is 31.2 Å². The van der Waals surface area contributed by atoms with Gasteiger partial charge in [-0.15, -0.1) is 0 Å². The molecule has 2 amide bonds. The molecule has 0 saturated carbocycles. The molecule has 0 spiro atoms. The molecule has 2 aliphatic heterocycles. The molecule has 4 rings (SSSR count).